The Kier molecular flexibility index (Phi) is 6.02. The topological polar surface area (TPSA) is 35.9 Å². The molecule has 29 heavy (non-hydrogen) atoms. The lowest BCUT2D eigenvalue weighted by atomic mass is 9.95. The molecule has 4 rings (SSSR count). The maximum Gasteiger partial charge on any atom is 0.257 e. The summed E-state index contributed by atoms with van der Waals surface area (Å²) in [5.74, 6) is 0.813. The zero-order valence-corrected chi connectivity index (χ0v) is 17.9. The Hall–Kier alpha value is -2.17. The number of likely N-dealkylation sites (tertiary alicyclic amines) is 1. The molecule has 0 radical (unpaired) electrons. The molecule has 1 saturated heterocycles. The maximum absolute atomic E-state index is 13.3. The highest BCUT2D eigenvalue weighted by Gasteiger charge is 2.35. The summed E-state index contributed by atoms with van der Waals surface area (Å²) in [6.07, 6.45) is 2.99. The van der Waals surface area contributed by atoms with Gasteiger partial charge < -0.3 is 0 Å². The minimum atomic E-state index is -0.0845. The van der Waals surface area contributed by atoms with E-state index in [1.54, 1.807) is 5.01 Å². The van der Waals surface area contributed by atoms with E-state index in [-0.39, 0.29) is 11.9 Å². The molecule has 0 saturated carbocycles. The molecule has 2 aliphatic heterocycles. The van der Waals surface area contributed by atoms with Gasteiger partial charge >= 0.3 is 0 Å². The van der Waals surface area contributed by atoms with Gasteiger partial charge in [0, 0.05) is 17.0 Å². The number of benzene rings is 2. The number of nitrogens with zero attached hydrogens (tertiary/aromatic N) is 3. The number of hydrazone groups is 1. The van der Waals surface area contributed by atoms with Gasteiger partial charge in [-0.25, -0.2) is 5.01 Å². The summed E-state index contributed by atoms with van der Waals surface area (Å²) in [6.45, 7) is 6.77. The minimum Gasteiger partial charge on any atom is -0.294 e. The monoisotopic (exact) mass is 409 g/mol. The molecule has 1 fully saturated rings. The van der Waals surface area contributed by atoms with E-state index in [9.17, 15) is 4.79 Å². The van der Waals surface area contributed by atoms with E-state index in [4.69, 9.17) is 16.7 Å². The van der Waals surface area contributed by atoms with E-state index in [0.29, 0.717) is 18.0 Å². The van der Waals surface area contributed by atoms with Gasteiger partial charge in [-0.3, -0.25) is 9.69 Å². The zero-order chi connectivity index (χ0) is 20.4. The highest BCUT2D eigenvalue weighted by molar-refractivity contribution is 6.34. The Morgan fingerprint density at radius 1 is 1.10 bits per heavy atom. The standard InChI is InChI=1S/C24H28ClN3O/c1-17-11-13-27(14-12-17)16-24(29)28-23(19-8-4-3-7-18(19)2)15-22(26-28)20-9-5-6-10-21(20)25/h3-10,17,23H,11-16H2,1-2H3/t23-/m0/s1. The molecule has 152 valence electrons. The smallest absolute Gasteiger partial charge is 0.257 e. The highest BCUT2D eigenvalue weighted by Crippen LogP contribution is 2.36. The Morgan fingerprint density at radius 2 is 1.79 bits per heavy atom. The Morgan fingerprint density at radius 3 is 2.52 bits per heavy atom. The minimum absolute atomic E-state index is 0.0647. The quantitative estimate of drug-likeness (QED) is 0.707. The first-order valence-electron chi connectivity index (χ1n) is 10.4. The second kappa shape index (κ2) is 8.68. The first kappa shape index (κ1) is 20.1. The second-order valence-electron chi connectivity index (χ2n) is 8.30. The molecule has 0 unspecified atom stereocenters. The number of carbonyl (C=O) groups excluding carboxylic acids is 1. The average Bonchev–Trinajstić information content (AvgIpc) is 3.15. The summed E-state index contributed by atoms with van der Waals surface area (Å²) in [5, 5.41) is 7.17. The highest BCUT2D eigenvalue weighted by atomic mass is 35.5. The molecule has 0 N–H and O–H groups in total. The van der Waals surface area contributed by atoms with Gasteiger partial charge in [-0.05, 0) is 56.0 Å². The SMILES string of the molecule is Cc1ccccc1[C@@H]1CC(c2ccccc2Cl)=NN1C(=O)CN1CCC(C)CC1. The Balaban J connectivity index is 1.61. The molecule has 1 atom stereocenters. The third kappa shape index (κ3) is 4.39. The van der Waals surface area contributed by atoms with Crippen LogP contribution < -0.4 is 0 Å². The molecule has 4 nitrogen and oxygen atoms in total. The summed E-state index contributed by atoms with van der Waals surface area (Å²) in [6, 6.07) is 15.9. The van der Waals surface area contributed by atoms with Crippen molar-refractivity contribution in [1.82, 2.24) is 9.91 Å². The van der Waals surface area contributed by atoms with Crippen molar-refractivity contribution in [2.75, 3.05) is 19.6 Å². The van der Waals surface area contributed by atoms with E-state index in [1.165, 1.54) is 5.56 Å². The molecule has 2 aromatic carbocycles. The van der Waals surface area contributed by atoms with Gasteiger partial charge in [0.1, 0.15) is 0 Å². The van der Waals surface area contributed by atoms with E-state index < -0.39 is 0 Å². The van der Waals surface area contributed by atoms with Gasteiger partial charge in [0.15, 0.2) is 0 Å². The number of halogens is 1. The summed E-state index contributed by atoms with van der Waals surface area (Å²) < 4.78 is 0. The molecule has 2 aromatic rings. The zero-order valence-electron chi connectivity index (χ0n) is 17.1. The van der Waals surface area contributed by atoms with E-state index >= 15 is 0 Å². The van der Waals surface area contributed by atoms with Crippen molar-refractivity contribution in [3.63, 3.8) is 0 Å². The molecule has 0 spiro atoms. The van der Waals surface area contributed by atoms with Crippen LogP contribution in [0.25, 0.3) is 0 Å². The maximum atomic E-state index is 13.3. The van der Waals surface area contributed by atoms with Gasteiger partial charge in [0.25, 0.3) is 5.91 Å². The third-order valence-corrected chi connectivity index (χ3v) is 6.46. The molecule has 2 aliphatic rings. The number of hydrogen-bond acceptors (Lipinski definition) is 3. The fourth-order valence-corrected chi connectivity index (χ4v) is 4.53. The van der Waals surface area contributed by atoms with Crippen molar-refractivity contribution in [2.24, 2.45) is 11.0 Å². The van der Waals surface area contributed by atoms with Crippen LogP contribution in [0.3, 0.4) is 0 Å². The van der Waals surface area contributed by atoms with Crippen LogP contribution in [-0.2, 0) is 4.79 Å². The summed E-state index contributed by atoms with van der Waals surface area (Å²) in [4.78, 5) is 15.6. The molecule has 0 bridgehead atoms. The van der Waals surface area contributed by atoms with Crippen LogP contribution >= 0.6 is 11.6 Å². The number of rotatable bonds is 4. The molecule has 0 aromatic heterocycles. The van der Waals surface area contributed by atoms with Crippen LogP contribution in [0.2, 0.25) is 5.02 Å². The van der Waals surface area contributed by atoms with Crippen LogP contribution in [0, 0.1) is 12.8 Å². The molecule has 1 amide bonds. The Bertz CT molecular complexity index is 918. The van der Waals surface area contributed by atoms with Crippen LogP contribution in [0.1, 0.15) is 48.9 Å². The first-order valence-corrected chi connectivity index (χ1v) is 10.8. The molecule has 2 heterocycles. The normalized spacial score (nSPS) is 20.7. The number of piperidine rings is 1. The lowest BCUT2D eigenvalue weighted by Gasteiger charge is -2.31. The van der Waals surface area contributed by atoms with Crippen molar-refractivity contribution in [3.05, 3.63) is 70.2 Å². The molecular formula is C24H28ClN3O. The summed E-state index contributed by atoms with van der Waals surface area (Å²) >= 11 is 6.43. The van der Waals surface area contributed by atoms with Crippen molar-refractivity contribution in [2.45, 2.75) is 39.2 Å². The van der Waals surface area contributed by atoms with Gasteiger partial charge in [-0.2, -0.15) is 5.10 Å². The van der Waals surface area contributed by atoms with Crippen LogP contribution in [0.15, 0.2) is 53.6 Å². The van der Waals surface area contributed by atoms with E-state index in [1.807, 2.05) is 36.4 Å². The van der Waals surface area contributed by atoms with Crippen LogP contribution in [0.4, 0.5) is 0 Å². The predicted molar refractivity (Wildman–Crippen MR) is 118 cm³/mol. The van der Waals surface area contributed by atoms with Crippen molar-refractivity contribution in [1.29, 1.82) is 0 Å². The lowest BCUT2D eigenvalue weighted by Crippen LogP contribution is -2.41. The summed E-state index contributed by atoms with van der Waals surface area (Å²) in [7, 11) is 0. The predicted octanol–water partition coefficient (Wildman–Crippen LogP) is 5.06. The van der Waals surface area contributed by atoms with Gasteiger partial charge in [-0.15, -0.1) is 0 Å². The summed E-state index contributed by atoms with van der Waals surface area (Å²) in [5.41, 5.74) is 4.12. The molecule has 5 heteroatoms. The number of aryl methyl sites for hydroxylation is 1. The fraction of sp³-hybridized carbons (Fsp3) is 0.417. The van der Waals surface area contributed by atoms with Crippen molar-refractivity contribution < 1.29 is 4.79 Å². The van der Waals surface area contributed by atoms with E-state index in [0.717, 1.165) is 48.7 Å². The van der Waals surface area contributed by atoms with E-state index in [2.05, 4.69) is 30.9 Å². The number of carbonyl (C=O) groups is 1. The van der Waals surface area contributed by atoms with Crippen LogP contribution in [0.5, 0.6) is 0 Å². The van der Waals surface area contributed by atoms with Gasteiger partial charge in [0.05, 0.1) is 18.3 Å². The van der Waals surface area contributed by atoms with Crippen molar-refractivity contribution in [3.8, 4) is 0 Å². The fourth-order valence-electron chi connectivity index (χ4n) is 4.29. The number of amides is 1. The van der Waals surface area contributed by atoms with Crippen molar-refractivity contribution >= 4 is 23.2 Å². The molecule has 0 aliphatic carbocycles. The second-order valence-corrected chi connectivity index (χ2v) is 8.71. The molecular weight excluding hydrogens is 382 g/mol. The van der Waals surface area contributed by atoms with Crippen LogP contribution in [-0.4, -0.2) is 41.2 Å². The number of hydrogen-bond donors (Lipinski definition) is 0. The lowest BCUT2D eigenvalue weighted by molar-refractivity contribution is -0.134. The third-order valence-electron chi connectivity index (χ3n) is 6.13. The van der Waals surface area contributed by atoms with Gasteiger partial charge in [0.2, 0.25) is 0 Å². The van der Waals surface area contributed by atoms with Gasteiger partial charge in [-0.1, -0.05) is 61.0 Å². The Labute approximate surface area is 178 Å². The average molecular weight is 410 g/mol. The first-order chi connectivity index (χ1) is 14.0. The largest absolute Gasteiger partial charge is 0.294 e.